The van der Waals surface area contributed by atoms with Gasteiger partial charge in [0.25, 0.3) is 0 Å². The van der Waals surface area contributed by atoms with Gasteiger partial charge >= 0.3 is 0 Å². The maximum atomic E-state index is 5.80. The quantitative estimate of drug-likeness (QED) is 0.801. The summed E-state index contributed by atoms with van der Waals surface area (Å²) < 4.78 is 0. The van der Waals surface area contributed by atoms with Gasteiger partial charge in [0.1, 0.15) is 0 Å². The lowest BCUT2D eigenvalue weighted by atomic mass is 9.90. The summed E-state index contributed by atoms with van der Waals surface area (Å²) in [5, 5.41) is 3.64. The zero-order valence-corrected chi connectivity index (χ0v) is 11.2. The highest BCUT2D eigenvalue weighted by molar-refractivity contribution is 6.25. The van der Waals surface area contributed by atoms with Crippen molar-refractivity contribution in [1.82, 2.24) is 10.2 Å². The van der Waals surface area contributed by atoms with Crippen LogP contribution in [0.5, 0.6) is 0 Å². The molecule has 1 aliphatic heterocycles. The Labute approximate surface area is 104 Å². The van der Waals surface area contributed by atoms with E-state index in [9.17, 15) is 0 Å². The van der Waals surface area contributed by atoms with Gasteiger partial charge in [-0.2, -0.15) is 0 Å². The molecular weight excluding hydrogens is 220 g/mol. The lowest BCUT2D eigenvalue weighted by molar-refractivity contribution is 0.0558. The number of hydrogen-bond acceptors (Lipinski definition) is 2. The van der Waals surface area contributed by atoms with Crippen LogP contribution >= 0.6 is 11.6 Å². The van der Waals surface area contributed by atoms with E-state index in [1.165, 1.54) is 31.3 Å². The number of hydrogen-bond donors (Lipinski definition) is 1. The lowest BCUT2D eigenvalue weighted by Crippen LogP contribution is -2.63. The van der Waals surface area contributed by atoms with E-state index in [1.807, 2.05) is 0 Å². The van der Waals surface area contributed by atoms with Crippen molar-refractivity contribution in [2.24, 2.45) is 0 Å². The standard InChI is InChI=1S/C13H23ClN2/c1-11(7-14)8-16-9-12(2)15-10-13(16)5-3-4-6-13/h7,12,15H,3-6,8-10H2,1-2H3. The molecule has 1 spiro atoms. The van der Waals surface area contributed by atoms with Gasteiger partial charge in [-0.05, 0) is 32.3 Å². The van der Waals surface area contributed by atoms with Crippen LogP contribution in [-0.2, 0) is 0 Å². The first kappa shape index (κ1) is 12.4. The predicted molar refractivity (Wildman–Crippen MR) is 69.8 cm³/mol. The van der Waals surface area contributed by atoms with E-state index >= 15 is 0 Å². The fraction of sp³-hybridized carbons (Fsp3) is 0.846. The van der Waals surface area contributed by atoms with Crippen molar-refractivity contribution < 1.29 is 0 Å². The molecule has 1 atom stereocenters. The molecule has 16 heavy (non-hydrogen) atoms. The van der Waals surface area contributed by atoms with Crippen LogP contribution in [0.3, 0.4) is 0 Å². The first-order valence-corrected chi connectivity index (χ1v) is 6.84. The Morgan fingerprint density at radius 2 is 2.19 bits per heavy atom. The molecule has 1 N–H and O–H groups in total. The number of nitrogens with one attached hydrogen (secondary N) is 1. The van der Waals surface area contributed by atoms with Gasteiger partial charge in [-0.25, -0.2) is 0 Å². The van der Waals surface area contributed by atoms with Crippen LogP contribution in [0.4, 0.5) is 0 Å². The van der Waals surface area contributed by atoms with Crippen molar-refractivity contribution >= 4 is 11.6 Å². The number of halogens is 1. The predicted octanol–water partition coefficient (Wildman–Crippen LogP) is 2.74. The summed E-state index contributed by atoms with van der Waals surface area (Å²) in [7, 11) is 0. The topological polar surface area (TPSA) is 15.3 Å². The average molecular weight is 243 g/mol. The monoisotopic (exact) mass is 242 g/mol. The summed E-state index contributed by atoms with van der Waals surface area (Å²) in [6.07, 6.45) is 5.47. The van der Waals surface area contributed by atoms with Gasteiger partial charge in [-0.15, -0.1) is 0 Å². The summed E-state index contributed by atoms with van der Waals surface area (Å²) >= 11 is 5.80. The molecule has 0 radical (unpaired) electrons. The molecule has 2 aliphatic rings. The van der Waals surface area contributed by atoms with E-state index in [4.69, 9.17) is 11.6 Å². The molecular formula is C13H23ClN2. The van der Waals surface area contributed by atoms with E-state index in [1.54, 1.807) is 5.54 Å². The van der Waals surface area contributed by atoms with Crippen LogP contribution in [0.2, 0.25) is 0 Å². The maximum Gasteiger partial charge on any atom is 0.0338 e. The van der Waals surface area contributed by atoms with Crippen molar-refractivity contribution in [2.75, 3.05) is 19.6 Å². The first-order chi connectivity index (χ1) is 7.66. The average Bonchev–Trinajstić information content (AvgIpc) is 2.73. The van der Waals surface area contributed by atoms with Crippen molar-refractivity contribution in [1.29, 1.82) is 0 Å². The normalized spacial score (nSPS) is 31.2. The Bertz CT molecular complexity index is 269. The summed E-state index contributed by atoms with van der Waals surface area (Å²) in [4.78, 5) is 2.66. The number of nitrogens with zero attached hydrogens (tertiary/aromatic N) is 1. The molecule has 2 nitrogen and oxygen atoms in total. The molecule has 1 saturated carbocycles. The highest BCUT2D eigenvalue weighted by Gasteiger charge is 2.42. The molecule has 1 unspecified atom stereocenters. The van der Waals surface area contributed by atoms with Gasteiger partial charge in [0, 0.05) is 36.8 Å². The Morgan fingerprint density at radius 1 is 1.50 bits per heavy atom. The minimum absolute atomic E-state index is 0.424. The Morgan fingerprint density at radius 3 is 2.81 bits per heavy atom. The van der Waals surface area contributed by atoms with Gasteiger partial charge in [0.05, 0.1) is 0 Å². The molecule has 2 rings (SSSR count). The van der Waals surface area contributed by atoms with Crippen LogP contribution in [0, 0.1) is 0 Å². The Kier molecular flexibility index (Phi) is 3.93. The molecule has 0 aromatic carbocycles. The molecule has 0 bridgehead atoms. The molecule has 0 amide bonds. The van der Waals surface area contributed by atoms with E-state index in [0.717, 1.165) is 19.6 Å². The Balaban J connectivity index is 2.09. The minimum atomic E-state index is 0.424. The molecule has 1 heterocycles. The van der Waals surface area contributed by atoms with E-state index in [-0.39, 0.29) is 0 Å². The molecule has 1 aliphatic carbocycles. The van der Waals surface area contributed by atoms with Gasteiger partial charge in [-0.3, -0.25) is 4.90 Å². The van der Waals surface area contributed by atoms with Crippen LogP contribution < -0.4 is 5.32 Å². The summed E-state index contributed by atoms with van der Waals surface area (Å²) in [5.41, 5.74) is 3.44. The van der Waals surface area contributed by atoms with E-state index < -0.39 is 0 Å². The first-order valence-electron chi connectivity index (χ1n) is 6.40. The molecule has 2 fully saturated rings. The van der Waals surface area contributed by atoms with Crippen molar-refractivity contribution in [3.05, 3.63) is 11.1 Å². The summed E-state index contributed by atoms with van der Waals surface area (Å²) in [5.74, 6) is 0. The zero-order valence-electron chi connectivity index (χ0n) is 10.4. The minimum Gasteiger partial charge on any atom is -0.311 e. The smallest absolute Gasteiger partial charge is 0.0338 e. The van der Waals surface area contributed by atoms with Crippen LogP contribution in [0.1, 0.15) is 39.5 Å². The van der Waals surface area contributed by atoms with E-state index in [2.05, 4.69) is 24.1 Å². The van der Waals surface area contributed by atoms with Crippen LogP contribution in [-0.4, -0.2) is 36.1 Å². The van der Waals surface area contributed by atoms with Gasteiger partial charge < -0.3 is 5.32 Å². The third kappa shape index (κ3) is 2.44. The highest BCUT2D eigenvalue weighted by Crippen LogP contribution is 2.37. The third-order valence-corrected chi connectivity index (χ3v) is 4.48. The van der Waals surface area contributed by atoms with Crippen LogP contribution in [0.25, 0.3) is 0 Å². The number of rotatable bonds is 2. The van der Waals surface area contributed by atoms with Gasteiger partial charge in [0.2, 0.25) is 0 Å². The fourth-order valence-corrected chi connectivity index (χ4v) is 3.23. The molecule has 1 saturated heterocycles. The summed E-state index contributed by atoms with van der Waals surface area (Å²) in [6.45, 7) is 7.75. The highest BCUT2D eigenvalue weighted by atomic mass is 35.5. The molecule has 3 heteroatoms. The third-order valence-electron chi connectivity index (χ3n) is 4.11. The zero-order chi connectivity index (χ0) is 11.6. The second kappa shape index (κ2) is 5.07. The van der Waals surface area contributed by atoms with Crippen LogP contribution in [0.15, 0.2) is 11.1 Å². The van der Waals surface area contributed by atoms with E-state index in [0.29, 0.717) is 11.6 Å². The van der Waals surface area contributed by atoms with Gasteiger partial charge in [0.15, 0.2) is 0 Å². The second-order valence-corrected chi connectivity index (χ2v) is 5.77. The van der Waals surface area contributed by atoms with Crippen molar-refractivity contribution in [3.8, 4) is 0 Å². The fourth-order valence-electron chi connectivity index (χ4n) is 3.16. The molecule has 0 aromatic rings. The Hall–Kier alpha value is -0.0500. The maximum absolute atomic E-state index is 5.80. The SMILES string of the molecule is CC(=CCl)CN1CC(C)NCC12CCCC2. The lowest BCUT2D eigenvalue weighted by Gasteiger charge is -2.48. The van der Waals surface area contributed by atoms with Gasteiger partial charge in [-0.1, -0.05) is 24.4 Å². The number of piperazine rings is 1. The van der Waals surface area contributed by atoms with Crippen molar-refractivity contribution in [3.63, 3.8) is 0 Å². The van der Waals surface area contributed by atoms with Crippen molar-refractivity contribution in [2.45, 2.75) is 51.1 Å². The summed E-state index contributed by atoms with van der Waals surface area (Å²) in [6, 6.07) is 0.606. The molecule has 0 aromatic heterocycles. The molecule has 92 valence electrons. The second-order valence-electron chi connectivity index (χ2n) is 5.55. The largest absolute Gasteiger partial charge is 0.311 e.